The number of nitrogens with zero attached hydrogens (tertiary/aromatic N) is 2. The molecule has 9 nitrogen and oxygen atoms in total. The number of carbonyl (C=O) groups excluding carboxylic acids is 2. The van der Waals surface area contributed by atoms with Gasteiger partial charge in [-0.2, -0.15) is 0 Å². The van der Waals surface area contributed by atoms with Crippen molar-refractivity contribution >= 4 is 50.7 Å². The topological polar surface area (TPSA) is 105 Å². The molecule has 0 bridgehead atoms. The van der Waals surface area contributed by atoms with Crippen molar-refractivity contribution in [1.29, 1.82) is 0 Å². The first-order chi connectivity index (χ1) is 20.3. The van der Waals surface area contributed by atoms with Gasteiger partial charge in [-0.25, -0.2) is 8.42 Å². The number of hydrogen-bond acceptors (Lipinski definition) is 6. The van der Waals surface area contributed by atoms with Crippen molar-refractivity contribution in [3.8, 4) is 11.5 Å². The highest BCUT2D eigenvalue weighted by Crippen LogP contribution is 2.33. The third-order valence-corrected chi connectivity index (χ3v) is 8.37. The van der Waals surface area contributed by atoms with Gasteiger partial charge in [0.05, 0.1) is 26.2 Å². The summed E-state index contributed by atoms with van der Waals surface area (Å²) in [5.74, 6) is -0.113. The van der Waals surface area contributed by atoms with Crippen LogP contribution < -0.4 is 19.1 Å². The molecule has 232 valence electrons. The Morgan fingerprint density at radius 2 is 1.60 bits per heavy atom. The molecule has 0 saturated carbocycles. The maximum atomic E-state index is 14.2. The summed E-state index contributed by atoms with van der Waals surface area (Å²) >= 11 is 12.6. The number of ether oxygens (including phenoxy) is 2. The zero-order valence-electron chi connectivity index (χ0n) is 24.8. The van der Waals surface area contributed by atoms with Gasteiger partial charge in [0.15, 0.2) is 11.5 Å². The summed E-state index contributed by atoms with van der Waals surface area (Å²) in [6.45, 7) is 3.69. The van der Waals surface area contributed by atoms with E-state index >= 15 is 0 Å². The van der Waals surface area contributed by atoms with Crippen molar-refractivity contribution < 1.29 is 27.5 Å². The molecule has 0 heterocycles. The maximum Gasteiger partial charge on any atom is 0.244 e. The van der Waals surface area contributed by atoms with Crippen LogP contribution in [0.2, 0.25) is 10.0 Å². The summed E-state index contributed by atoms with van der Waals surface area (Å²) in [7, 11) is -1.06. The van der Waals surface area contributed by atoms with Crippen LogP contribution >= 0.6 is 23.2 Å². The lowest BCUT2D eigenvalue weighted by atomic mass is 10.0. The van der Waals surface area contributed by atoms with Gasteiger partial charge < -0.3 is 19.7 Å². The highest BCUT2D eigenvalue weighted by Gasteiger charge is 2.33. The number of sulfonamides is 1. The van der Waals surface area contributed by atoms with Gasteiger partial charge in [-0.05, 0) is 41.3 Å². The van der Waals surface area contributed by atoms with Crippen molar-refractivity contribution in [1.82, 2.24) is 10.2 Å². The van der Waals surface area contributed by atoms with Gasteiger partial charge in [-0.1, -0.05) is 73.4 Å². The van der Waals surface area contributed by atoms with Crippen molar-refractivity contribution in [3.63, 3.8) is 0 Å². The smallest absolute Gasteiger partial charge is 0.244 e. The van der Waals surface area contributed by atoms with Crippen LogP contribution in [0.1, 0.15) is 25.0 Å². The maximum absolute atomic E-state index is 14.2. The number of rotatable bonds is 14. The second-order valence-corrected chi connectivity index (χ2v) is 13.2. The molecule has 3 rings (SSSR count). The zero-order valence-corrected chi connectivity index (χ0v) is 27.2. The molecule has 3 aromatic carbocycles. The molecule has 0 aromatic heterocycles. The Morgan fingerprint density at radius 3 is 2.19 bits per heavy atom. The summed E-state index contributed by atoms with van der Waals surface area (Å²) in [6.07, 6.45) is 1.20. The third-order valence-electron chi connectivity index (χ3n) is 6.65. The molecule has 12 heteroatoms. The van der Waals surface area contributed by atoms with Crippen LogP contribution in [-0.2, 0) is 32.6 Å². The first-order valence-electron chi connectivity index (χ1n) is 13.6. The molecule has 0 aliphatic heterocycles. The standard InChI is InChI=1S/C31H37Cl2N3O6S/c1-21(2)18-34-31(38)27(15-22-9-7-6-8-10-22)35(19-23-11-12-24(32)16-26(23)33)30(37)20-36(43(5,39)40)25-13-14-28(41-3)29(17-25)42-4/h6-14,16-17,21,27H,15,18-20H2,1-5H3,(H,34,38). The van der Waals surface area contributed by atoms with Gasteiger partial charge in [0.25, 0.3) is 0 Å². The molecule has 1 unspecified atom stereocenters. The summed E-state index contributed by atoms with van der Waals surface area (Å²) in [5, 5.41) is 3.67. The summed E-state index contributed by atoms with van der Waals surface area (Å²) in [5.41, 5.74) is 1.57. The fraction of sp³-hybridized carbons (Fsp3) is 0.355. The van der Waals surface area contributed by atoms with E-state index in [9.17, 15) is 18.0 Å². The van der Waals surface area contributed by atoms with Crippen LogP contribution in [0.5, 0.6) is 11.5 Å². The molecular formula is C31H37Cl2N3O6S. The Kier molecular flexibility index (Phi) is 12.1. The molecule has 3 aromatic rings. The molecule has 1 N–H and O–H groups in total. The van der Waals surface area contributed by atoms with Crippen LogP contribution in [-0.4, -0.2) is 64.7 Å². The van der Waals surface area contributed by atoms with Crippen LogP contribution in [0.4, 0.5) is 5.69 Å². The van der Waals surface area contributed by atoms with Gasteiger partial charge in [-0.3, -0.25) is 13.9 Å². The second kappa shape index (κ2) is 15.3. The SMILES string of the molecule is COc1ccc(N(CC(=O)N(Cc2ccc(Cl)cc2Cl)C(Cc2ccccc2)C(=O)NCC(C)C)S(C)(=O)=O)cc1OC. The van der Waals surface area contributed by atoms with Gasteiger partial charge in [-0.15, -0.1) is 0 Å². The van der Waals surface area contributed by atoms with Gasteiger partial charge in [0.2, 0.25) is 21.8 Å². The van der Waals surface area contributed by atoms with Crippen molar-refractivity contribution in [2.45, 2.75) is 32.9 Å². The van der Waals surface area contributed by atoms with Gasteiger partial charge in [0.1, 0.15) is 12.6 Å². The Labute approximate surface area is 263 Å². The fourth-order valence-corrected chi connectivity index (χ4v) is 5.71. The predicted molar refractivity (Wildman–Crippen MR) is 171 cm³/mol. The lowest BCUT2D eigenvalue weighted by molar-refractivity contribution is -0.140. The van der Waals surface area contributed by atoms with E-state index in [1.807, 2.05) is 44.2 Å². The van der Waals surface area contributed by atoms with Gasteiger partial charge >= 0.3 is 0 Å². The van der Waals surface area contributed by atoms with E-state index in [-0.39, 0.29) is 30.5 Å². The van der Waals surface area contributed by atoms with Crippen molar-refractivity contribution in [2.24, 2.45) is 5.92 Å². The number of benzene rings is 3. The lowest BCUT2D eigenvalue weighted by Crippen LogP contribution is -2.53. The average molecular weight is 651 g/mol. The van der Waals surface area contributed by atoms with Crippen molar-refractivity contribution in [2.75, 3.05) is 37.9 Å². The predicted octanol–water partition coefficient (Wildman–Crippen LogP) is 5.19. The summed E-state index contributed by atoms with van der Waals surface area (Å²) in [6, 6.07) is 17.7. The number of amides is 2. The third kappa shape index (κ3) is 9.51. The largest absolute Gasteiger partial charge is 0.493 e. The molecule has 0 aliphatic rings. The molecule has 2 amide bonds. The van der Waals surface area contributed by atoms with E-state index in [4.69, 9.17) is 32.7 Å². The highest BCUT2D eigenvalue weighted by molar-refractivity contribution is 7.92. The molecule has 43 heavy (non-hydrogen) atoms. The fourth-order valence-electron chi connectivity index (χ4n) is 4.40. The Balaban J connectivity index is 2.10. The Hall–Kier alpha value is -3.47. The number of anilines is 1. The highest BCUT2D eigenvalue weighted by atomic mass is 35.5. The minimum Gasteiger partial charge on any atom is -0.493 e. The first kappa shape index (κ1) is 34.0. The van der Waals surface area contributed by atoms with E-state index in [1.165, 1.54) is 31.3 Å². The monoisotopic (exact) mass is 649 g/mol. The number of hydrogen-bond donors (Lipinski definition) is 1. The molecule has 0 spiro atoms. The summed E-state index contributed by atoms with van der Waals surface area (Å²) in [4.78, 5) is 29.3. The van der Waals surface area contributed by atoms with E-state index in [0.29, 0.717) is 33.7 Å². The van der Waals surface area contributed by atoms with Crippen LogP contribution in [0, 0.1) is 5.92 Å². The van der Waals surface area contributed by atoms with E-state index in [1.54, 1.807) is 24.3 Å². The normalized spacial score (nSPS) is 12.0. The minimum atomic E-state index is -3.96. The lowest BCUT2D eigenvalue weighted by Gasteiger charge is -2.34. The number of nitrogens with one attached hydrogen (secondary N) is 1. The second-order valence-electron chi connectivity index (χ2n) is 10.4. The average Bonchev–Trinajstić information content (AvgIpc) is 2.96. The molecule has 0 fully saturated rings. The van der Waals surface area contributed by atoms with Crippen LogP contribution in [0.25, 0.3) is 0 Å². The van der Waals surface area contributed by atoms with Crippen molar-refractivity contribution in [3.05, 3.63) is 87.9 Å². The van der Waals surface area contributed by atoms with E-state index in [0.717, 1.165) is 16.1 Å². The summed E-state index contributed by atoms with van der Waals surface area (Å²) < 4.78 is 37.7. The quantitative estimate of drug-likeness (QED) is 0.258. The molecule has 0 aliphatic carbocycles. The van der Waals surface area contributed by atoms with E-state index < -0.39 is 28.5 Å². The first-order valence-corrected chi connectivity index (χ1v) is 16.2. The number of methoxy groups -OCH3 is 2. The molecular weight excluding hydrogens is 613 g/mol. The van der Waals surface area contributed by atoms with E-state index in [2.05, 4.69) is 5.32 Å². The Bertz CT molecular complexity index is 1520. The number of halogens is 2. The number of carbonyl (C=O) groups is 2. The zero-order chi connectivity index (χ0) is 31.7. The Morgan fingerprint density at radius 1 is 0.930 bits per heavy atom. The van der Waals surface area contributed by atoms with Crippen LogP contribution in [0.15, 0.2) is 66.7 Å². The van der Waals surface area contributed by atoms with Crippen LogP contribution in [0.3, 0.4) is 0 Å². The molecule has 0 radical (unpaired) electrons. The minimum absolute atomic E-state index is 0.0645. The van der Waals surface area contributed by atoms with Gasteiger partial charge in [0, 0.05) is 35.6 Å². The molecule has 0 saturated heterocycles. The molecule has 1 atom stereocenters.